The van der Waals surface area contributed by atoms with Gasteiger partial charge in [-0.15, -0.1) is 0 Å². The predicted molar refractivity (Wildman–Crippen MR) is 126 cm³/mol. The predicted octanol–water partition coefficient (Wildman–Crippen LogP) is 4.50. The Morgan fingerprint density at radius 2 is 1.81 bits per heavy atom. The van der Waals surface area contributed by atoms with Crippen molar-refractivity contribution in [1.29, 1.82) is 0 Å². The molecule has 1 aliphatic rings. The first-order chi connectivity index (χ1) is 15.4. The Morgan fingerprint density at radius 3 is 2.41 bits per heavy atom. The van der Waals surface area contributed by atoms with E-state index in [0.29, 0.717) is 34.9 Å². The van der Waals surface area contributed by atoms with Crippen molar-refractivity contribution in [3.05, 3.63) is 70.3 Å². The fourth-order valence-electron chi connectivity index (χ4n) is 4.04. The van der Waals surface area contributed by atoms with Crippen molar-refractivity contribution in [3.8, 4) is 5.75 Å². The number of hydrogen-bond acceptors (Lipinski definition) is 5. The number of Topliss-reactive ketones (excluding diaryl/α,β-unsaturated/α-hetero) is 1. The number of benzene rings is 2. The highest BCUT2D eigenvalue weighted by Gasteiger charge is 2.45. The normalized spacial score (nSPS) is 17.9. The van der Waals surface area contributed by atoms with Crippen LogP contribution < -0.4 is 4.74 Å². The van der Waals surface area contributed by atoms with E-state index >= 15 is 0 Å². The molecular weight excluding hydrogens is 428 g/mol. The van der Waals surface area contributed by atoms with Crippen LogP contribution in [0.5, 0.6) is 5.75 Å². The van der Waals surface area contributed by atoms with Gasteiger partial charge in [-0.3, -0.25) is 9.59 Å². The summed E-state index contributed by atoms with van der Waals surface area (Å²) in [6.07, 6.45) is 0.717. The second kappa shape index (κ2) is 10.7. The number of aliphatic hydroxyl groups is 1. The minimum Gasteiger partial charge on any atom is -0.507 e. The fourth-order valence-corrected chi connectivity index (χ4v) is 4.24. The van der Waals surface area contributed by atoms with Gasteiger partial charge in [-0.05, 0) is 68.0 Å². The molecule has 0 saturated carbocycles. The highest BCUT2D eigenvalue weighted by atomic mass is 35.5. The molecule has 170 valence electrons. The maximum absolute atomic E-state index is 13.1. The molecule has 1 atom stereocenters. The number of ether oxygens (including phenoxy) is 1. The molecule has 7 heteroatoms. The minimum absolute atomic E-state index is 0.0743. The van der Waals surface area contributed by atoms with E-state index in [9.17, 15) is 14.7 Å². The van der Waals surface area contributed by atoms with Crippen LogP contribution in [0.2, 0.25) is 5.02 Å². The summed E-state index contributed by atoms with van der Waals surface area (Å²) in [5.74, 6) is -0.872. The summed E-state index contributed by atoms with van der Waals surface area (Å²) in [5, 5.41) is 11.6. The lowest BCUT2D eigenvalue weighted by molar-refractivity contribution is -0.140. The number of ketones is 1. The average Bonchev–Trinajstić information content (AvgIpc) is 3.06. The van der Waals surface area contributed by atoms with Crippen molar-refractivity contribution >= 4 is 29.1 Å². The SMILES string of the molecule is CCN(CC)CCCN1C(=O)C(=O)/C(=C(\O)c2ccc(OC)cc2)C1c1cccc(Cl)c1. The molecule has 1 saturated heterocycles. The van der Waals surface area contributed by atoms with Gasteiger partial charge < -0.3 is 19.6 Å². The van der Waals surface area contributed by atoms with Crippen LogP contribution in [-0.2, 0) is 9.59 Å². The third-order valence-corrected chi connectivity index (χ3v) is 6.07. The zero-order valence-corrected chi connectivity index (χ0v) is 19.4. The first kappa shape index (κ1) is 23.8. The Kier molecular flexibility index (Phi) is 7.94. The number of nitrogens with zero attached hydrogens (tertiary/aromatic N) is 2. The van der Waals surface area contributed by atoms with E-state index in [-0.39, 0.29) is 11.3 Å². The Balaban J connectivity index is 2.02. The average molecular weight is 457 g/mol. The van der Waals surface area contributed by atoms with Crippen molar-refractivity contribution < 1.29 is 19.4 Å². The Hall–Kier alpha value is -2.83. The zero-order valence-electron chi connectivity index (χ0n) is 18.7. The van der Waals surface area contributed by atoms with E-state index < -0.39 is 17.7 Å². The summed E-state index contributed by atoms with van der Waals surface area (Å²) in [6, 6.07) is 13.1. The van der Waals surface area contributed by atoms with Crippen LogP contribution in [0, 0.1) is 0 Å². The summed E-state index contributed by atoms with van der Waals surface area (Å²) >= 11 is 6.22. The van der Waals surface area contributed by atoms with Crippen molar-refractivity contribution in [2.75, 3.05) is 33.3 Å². The highest BCUT2D eigenvalue weighted by Crippen LogP contribution is 2.40. The molecule has 0 radical (unpaired) electrons. The fraction of sp³-hybridized carbons (Fsp3) is 0.360. The number of rotatable bonds is 9. The van der Waals surface area contributed by atoms with Crippen molar-refractivity contribution in [2.45, 2.75) is 26.3 Å². The maximum atomic E-state index is 13.1. The number of aliphatic hydroxyl groups excluding tert-OH is 1. The minimum atomic E-state index is -0.701. The molecular formula is C25H29ClN2O4. The molecule has 0 aromatic heterocycles. The number of carbonyl (C=O) groups excluding carboxylic acids is 2. The van der Waals surface area contributed by atoms with E-state index in [2.05, 4.69) is 18.7 Å². The van der Waals surface area contributed by atoms with Crippen molar-refractivity contribution in [1.82, 2.24) is 9.80 Å². The van der Waals surface area contributed by atoms with Gasteiger partial charge in [0, 0.05) is 17.1 Å². The molecule has 0 spiro atoms. The van der Waals surface area contributed by atoms with Crippen LogP contribution in [0.25, 0.3) is 5.76 Å². The number of amides is 1. The van der Waals surface area contributed by atoms with Gasteiger partial charge in [0.1, 0.15) is 11.5 Å². The molecule has 3 rings (SSSR count). The number of likely N-dealkylation sites (tertiary alicyclic amines) is 1. The van der Waals surface area contributed by atoms with Crippen LogP contribution in [0.1, 0.15) is 37.4 Å². The molecule has 1 aliphatic heterocycles. The summed E-state index contributed by atoms with van der Waals surface area (Å²) in [4.78, 5) is 29.9. The summed E-state index contributed by atoms with van der Waals surface area (Å²) in [7, 11) is 1.55. The van der Waals surface area contributed by atoms with Gasteiger partial charge >= 0.3 is 0 Å². The lowest BCUT2D eigenvalue weighted by Crippen LogP contribution is -2.33. The molecule has 1 amide bonds. The largest absolute Gasteiger partial charge is 0.507 e. The Bertz CT molecular complexity index is 999. The Morgan fingerprint density at radius 1 is 1.12 bits per heavy atom. The van der Waals surface area contributed by atoms with E-state index in [1.807, 2.05) is 6.07 Å². The first-order valence-electron chi connectivity index (χ1n) is 10.8. The van der Waals surface area contributed by atoms with Gasteiger partial charge in [-0.1, -0.05) is 37.6 Å². The van der Waals surface area contributed by atoms with E-state index in [1.165, 1.54) is 0 Å². The van der Waals surface area contributed by atoms with E-state index in [1.54, 1.807) is 54.5 Å². The van der Waals surface area contributed by atoms with Gasteiger partial charge in [0.25, 0.3) is 11.7 Å². The number of carbonyl (C=O) groups is 2. The van der Waals surface area contributed by atoms with Crippen LogP contribution in [-0.4, -0.2) is 59.9 Å². The molecule has 2 aromatic carbocycles. The molecule has 1 N–H and O–H groups in total. The van der Waals surface area contributed by atoms with Crippen molar-refractivity contribution in [3.63, 3.8) is 0 Å². The van der Waals surface area contributed by atoms with Gasteiger partial charge in [0.05, 0.1) is 18.7 Å². The number of halogens is 1. The smallest absolute Gasteiger partial charge is 0.295 e. The van der Waals surface area contributed by atoms with E-state index in [4.69, 9.17) is 16.3 Å². The molecule has 0 bridgehead atoms. The maximum Gasteiger partial charge on any atom is 0.295 e. The monoisotopic (exact) mass is 456 g/mol. The molecule has 32 heavy (non-hydrogen) atoms. The van der Waals surface area contributed by atoms with Crippen molar-refractivity contribution in [2.24, 2.45) is 0 Å². The Labute approximate surface area is 194 Å². The van der Waals surface area contributed by atoms with Crippen LogP contribution in [0.3, 0.4) is 0 Å². The highest BCUT2D eigenvalue weighted by molar-refractivity contribution is 6.46. The molecule has 6 nitrogen and oxygen atoms in total. The second-order valence-corrected chi connectivity index (χ2v) is 8.09. The van der Waals surface area contributed by atoms with Gasteiger partial charge in [-0.25, -0.2) is 0 Å². The second-order valence-electron chi connectivity index (χ2n) is 7.66. The van der Waals surface area contributed by atoms with Gasteiger partial charge in [-0.2, -0.15) is 0 Å². The van der Waals surface area contributed by atoms with Crippen LogP contribution >= 0.6 is 11.6 Å². The molecule has 1 unspecified atom stereocenters. The zero-order chi connectivity index (χ0) is 23.3. The lowest BCUT2D eigenvalue weighted by Gasteiger charge is -2.27. The van der Waals surface area contributed by atoms with Crippen LogP contribution in [0.4, 0.5) is 0 Å². The third kappa shape index (κ3) is 4.97. The number of methoxy groups -OCH3 is 1. The summed E-state index contributed by atoms with van der Waals surface area (Å²) in [5.41, 5.74) is 1.21. The van der Waals surface area contributed by atoms with Crippen LogP contribution in [0.15, 0.2) is 54.1 Å². The quantitative estimate of drug-likeness (QED) is 0.341. The molecule has 2 aromatic rings. The standard InChI is InChI=1S/C25H29ClN2O4/c1-4-27(5-2)14-7-15-28-22(18-8-6-9-19(26)16-18)21(24(30)25(28)31)23(29)17-10-12-20(32-3)13-11-17/h6,8-13,16,22,29H,4-5,7,14-15H2,1-3H3/b23-21-. The summed E-state index contributed by atoms with van der Waals surface area (Å²) < 4.78 is 5.17. The molecule has 0 aliphatic carbocycles. The number of hydrogen-bond donors (Lipinski definition) is 1. The summed E-state index contributed by atoms with van der Waals surface area (Å²) in [6.45, 7) is 7.25. The topological polar surface area (TPSA) is 70.1 Å². The molecule has 1 heterocycles. The lowest BCUT2D eigenvalue weighted by atomic mass is 9.95. The van der Waals surface area contributed by atoms with E-state index in [0.717, 1.165) is 19.6 Å². The first-order valence-corrected chi connectivity index (χ1v) is 11.2. The van der Waals surface area contributed by atoms with Gasteiger partial charge in [0.2, 0.25) is 0 Å². The molecule has 1 fully saturated rings. The third-order valence-electron chi connectivity index (χ3n) is 5.84. The van der Waals surface area contributed by atoms with Gasteiger partial charge in [0.15, 0.2) is 0 Å².